The second-order valence-corrected chi connectivity index (χ2v) is 6.35. The Morgan fingerprint density at radius 2 is 1.74 bits per heavy atom. The zero-order valence-corrected chi connectivity index (χ0v) is 14.4. The van der Waals surface area contributed by atoms with Crippen molar-refractivity contribution < 1.29 is 9.53 Å². The van der Waals surface area contributed by atoms with E-state index in [0.29, 0.717) is 12.5 Å². The minimum atomic E-state index is 0. The maximum atomic E-state index is 12.5. The van der Waals surface area contributed by atoms with Crippen LogP contribution in [0.5, 0.6) is 0 Å². The summed E-state index contributed by atoms with van der Waals surface area (Å²) in [6.07, 6.45) is 4.19. The number of halogens is 1. The van der Waals surface area contributed by atoms with Crippen LogP contribution >= 0.6 is 12.4 Å². The maximum absolute atomic E-state index is 12.5. The molecule has 2 aliphatic rings. The molecule has 0 aliphatic carbocycles. The molecule has 2 fully saturated rings. The largest absolute Gasteiger partial charge is 0.373 e. The number of nitrogens with zero attached hydrogens (tertiary/aromatic N) is 1. The van der Waals surface area contributed by atoms with Crippen molar-refractivity contribution in [3.05, 3.63) is 35.9 Å². The highest BCUT2D eigenvalue weighted by molar-refractivity contribution is 5.85. The molecule has 23 heavy (non-hydrogen) atoms. The van der Waals surface area contributed by atoms with E-state index in [1.165, 1.54) is 5.56 Å². The number of hydrogen-bond donors (Lipinski definition) is 1. The highest BCUT2D eigenvalue weighted by Gasteiger charge is 2.29. The molecule has 0 saturated carbocycles. The van der Waals surface area contributed by atoms with E-state index in [1.54, 1.807) is 0 Å². The number of ether oxygens (including phenoxy) is 1. The molecule has 0 aromatic heterocycles. The smallest absolute Gasteiger partial charge is 0.225 e. The van der Waals surface area contributed by atoms with E-state index in [2.05, 4.69) is 22.3 Å². The third kappa shape index (κ3) is 5.20. The van der Waals surface area contributed by atoms with Gasteiger partial charge in [0.15, 0.2) is 0 Å². The quantitative estimate of drug-likeness (QED) is 0.917. The van der Waals surface area contributed by atoms with Gasteiger partial charge < -0.3 is 15.0 Å². The predicted octanol–water partition coefficient (Wildman–Crippen LogP) is 2.62. The van der Waals surface area contributed by atoms with Crippen molar-refractivity contribution in [2.24, 2.45) is 5.92 Å². The predicted molar refractivity (Wildman–Crippen MR) is 93.7 cm³/mol. The molecule has 1 N–H and O–H groups in total. The van der Waals surface area contributed by atoms with E-state index >= 15 is 0 Å². The van der Waals surface area contributed by atoms with Gasteiger partial charge in [0.25, 0.3) is 0 Å². The van der Waals surface area contributed by atoms with Gasteiger partial charge in [0.05, 0.1) is 12.7 Å². The van der Waals surface area contributed by atoms with E-state index in [-0.39, 0.29) is 24.4 Å². The molecule has 0 spiro atoms. The van der Waals surface area contributed by atoms with Crippen LogP contribution in [0.4, 0.5) is 0 Å². The van der Waals surface area contributed by atoms with Crippen molar-refractivity contribution in [2.45, 2.75) is 38.4 Å². The second-order valence-electron chi connectivity index (χ2n) is 6.35. The van der Waals surface area contributed by atoms with Crippen LogP contribution in [0.1, 0.15) is 31.2 Å². The molecule has 3 rings (SSSR count). The number of amides is 1. The van der Waals surface area contributed by atoms with Gasteiger partial charge in [0.2, 0.25) is 5.91 Å². The molecule has 0 atom stereocenters. The average molecular weight is 339 g/mol. The summed E-state index contributed by atoms with van der Waals surface area (Å²) in [7, 11) is 0. The zero-order chi connectivity index (χ0) is 15.2. The second kappa shape index (κ2) is 9.26. The van der Waals surface area contributed by atoms with Crippen LogP contribution in [0.15, 0.2) is 30.3 Å². The molecule has 0 unspecified atom stereocenters. The molecule has 1 amide bonds. The monoisotopic (exact) mass is 338 g/mol. The number of likely N-dealkylation sites (tertiary alicyclic amines) is 1. The standard InChI is InChI=1S/C18H26N2O2.ClH/c21-18(16-6-10-19-11-7-16)20-12-8-17(9-13-20)22-14-15-4-2-1-3-5-15;/h1-5,16-17,19H,6-14H2;1H. The fourth-order valence-corrected chi connectivity index (χ4v) is 3.36. The number of carbonyl (C=O) groups excluding carboxylic acids is 1. The zero-order valence-electron chi connectivity index (χ0n) is 13.6. The van der Waals surface area contributed by atoms with Crippen LogP contribution in [-0.4, -0.2) is 43.1 Å². The summed E-state index contributed by atoms with van der Waals surface area (Å²) in [5.74, 6) is 0.603. The summed E-state index contributed by atoms with van der Waals surface area (Å²) in [5.41, 5.74) is 1.22. The molecule has 2 saturated heterocycles. The van der Waals surface area contributed by atoms with E-state index in [0.717, 1.165) is 51.9 Å². The first-order valence-corrected chi connectivity index (χ1v) is 8.48. The normalized spacial score (nSPS) is 20.1. The minimum absolute atomic E-state index is 0. The summed E-state index contributed by atoms with van der Waals surface area (Å²) >= 11 is 0. The number of benzene rings is 1. The fourth-order valence-electron chi connectivity index (χ4n) is 3.36. The molecule has 128 valence electrons. The molecular weight excluding hydrogens is 312 g/mol. The van der Waals surface area contributed by atoms with Crippen molar-refractivity contribution in [2.75, 3.05) is 26.2 Å². The Morgan fingerprint density at radius 3 is 2.39 bits per heavy atom. The molecule has 1 aromatic carbocycles. The molecular formula is C18H27ClN2O2. The van der Waals surface area contributed by atoms with Gasteiger partial charge in [-0.25, -0.2) is 0 Å². The Morgan fingerprint density at radius 1 is 1.09 bits per heavy atom. The summed E-state index contributed by atoms with van der Waals surface area (Å²) in [5, 5.41) is 3.32. The van der Waals surface area contributed by atoms with Crippen LogP contribution in [0.2, 0.25) is 0 Å². The molecule has 2 heterocycles. The summed E-state index contributed by atoms with van der Waals surface area (Å²) in [6, 6.07) is 10.3. The third-order valence-electron chi connectivity index (χ3n) is 4.77. The average Bonchev–Trinajstić information content (AvgIpc) is 2.61. The lowest BCUT2D eigenvalue weighted by Crippen LogP contribution is -2.45. The number of carbonyl (C=O) groups is 1. The molecule has 4 nitrogen and oxygen atoms in total. The Kier molecular flexibility index (Phi) is 7.34. The first-order valence-electron chi connectivity index (χ1n) is 8.48. The lowest BCUT2D eigenvalue weighted by Gasteiger charge is -2.35. The van der Waals surface area contributed by atoms with Crippen LogP contribution in [0, 0.1) is 5.92 Å². The van der Waals surface area contributed by atoms with Crippen molar-refractivity contribution in [3.63, 3.8) is 0 Å². The lowest BCUT2D eigenvalue weighted by molar-refractivity contribution is -0.139. The van der Waals surface area contributed by atoms with E-state index < -0.39 is 0 Å². The number of rotatable bonds is 4. The van der Waals surface area contributed by atoms with Gasteiger partial charge >= 0.3 is 0 Å². The van der Waals surface area contributed by atoms with E-state index in [4.69, 9.17) is 4.74 Å². The van der Waals surface area contributed by atoms with Crippen LogP contribution in [0.3, 0.4) is 0 Å². The van der Waals surface area contributed by atoms with Gasteiger partial charge in [-0.05, 0) is 44.3 Å². The summed E-state index contributed by atoms with van der Waals surface area (Å²) < 4.78 is 5.99. The van der Waals surface area contributed by atoms with Crippen LogP contribution in [-0.2, 0) is 16.1 Å². The number of hydrogen-bond acceptors (Lipinski definition) is 3. The molecule has 0 radical (unpaired) electrons. The van der Waals surface area contributed by atoms with Gasteiger partial charge in [-0.1, -0.05) is 30.3 Å². The van der Waals surface area contributed by atoms with Crippen molar-refractivity contribution >= 4 is 18.3 Å². The van der Waals surface area contributed by atoms with Crippen molar-refractivity contribution in [1.82, 2.24) is 10.2 Å². The Bertz CT molecular complexity index is 469. The maximum Gasteiger partial charge on any atom is 0.225 e. The van der Waals surface area contributed by atoms with Gasteiger partial charge in [-0.15, -0.1) is 12.4 Å². The summed E-state index contributed by atoms with van der Waals surface area (Å²) in [6.45, 7) is 4.33. The third-order valence-corrected chi connectivity index (χ3v) is 4.77. The molecule has 2 aliphatic heterocycles. The van der Waals surface area contributed by atoms with Gasteiger partial charge in [0, 0.05) is 19.0 Å². The Labute approximate surface area is 145 Å². The van der Waals surface area contributed by atoms with Crippen molar-refractivity contribution in [3.8, 4) is 0 Å². The first-order chi connectivity index (χ1) is 10.8. The van der Waals surface area contributed by atoms with E-state index in [1.807, 2.05) is 18.2 Å². The Hall–Kier alpha value is -1.10. The highest BCUT2D eigenvalue weighted by Crippen LogP contribution is 2.21. The van der Waals surface area contributed by atoms with Crippen molar-refractivity contribution in [1.29, 1.82) is 0 Å². The van der Waals surface area contributed by atoms with Gasteiger partial charge in [0.1, 0.15) is 0 Å². The molecule has 1 aromatic rings. The summed E-state index contributed by atoms with van der Waals surface area (Å²) in [4.78, 5) is 14.6. The highest BCUT2D eigenvalue weighted by atomic mass is 35.5. The minimum Gasteiger partial charge on any atom is -0.373 e. The topological polar surface area (TPSA) is 41.6 Å². The SMILES string of the molecule is Cl.O=C(C1CCNCC1)N1CCC(OCc2ccccc2)CC1. The van der Waals surface area contributed by atoms with Crippen LogP contribution in [0.25, 0.3) is 0 Å². The van der Waals surface area contributed by atoms with Gasteiger partial charge in [-0.3, -0.25) is 4.79 Å². The number of nitrogens with one attached hydrogen (secondary N) is 1. The first kappa shape index (κ1) is 18.2. The van der Waals surface area contributed by atoms with Crippen LogP contribution < -0.4 is 5.32 Å². The number of piperidine rings is 2. The van der Waals surface area contributed by atoms with Gasteiger partial charge in [-0.2, -0.15) is 0 Å². The van der Waals surface area contributed by atoms with E-state index in [9.17, 15) is 4.79 Å². The molecule has 5 heteroatoms. The molecule has 0 bridgehead atoms. The fraction of sp³-hybridized carbons (Fsp3) is 0.611. The lowest BCUT2D eigenvalue weighted by atomic mass is 9.95. The Balaban J connectivity index is 0.00000192.